The Morgan fingerprint density at radius 3 is 2.85 bits per heavy atom. The van der Waals surface area contributed by atoms with E-state index in [-0.39, 0.29) is 17.4 Å². The van der Waals surface area contributed by atoms with Crippen LogP contribution in [0.5, 0.6) is 5.75 Å². The lowest BCUT2D eigenvalue weighted by Gasteiger charge is -2.10. The quantitative estimate of drug-likeness (QED) is 0.796. The van der Waals surface area contributed by atoms with E-state index in [1.54, 1.807) is 12.3 Å². The molecular weight excluding hydrogens is 370 g/mol. The van der Waals surface area contributed by atoms with Gasteiger partial charge in [-0.15, -0.1) is 0 Å². The minimum absolute atomic E-state index is 0.0152. The molecule has 1 heterocycles. The highest BCUT2D eigenvalue weighted by Gasteiger charge is 2.11. The molecule has 0 unspecified atom stereocenters. The SMILES string of the molecule is Nc1ncc(Br)cc1OCCc1c(Cl)ccc(F)c1Cl. The zero-order valence-corrected chi connectivity index (χ0v) is 13.3. The Morgan fingerprint density at radius 1 is 1.35 bits per heavy atom. The smallest absolute Gasteiger partial charge is 0.166 e. The van der Waals surface area contributed by atoms with Gasteiger partial charge in [-0.3, -0.25) is 0 Å². The lowest BCUT2D eigenvalue weighted by Crippen LogP contribution is -2.05. The van der Waals surface area contributed by atoms with Gasteiger partial charge in [0.25, 0.3) is 0 Å². The first-order valence-corrected chi connectivity index (χ1v) is 7.20. The van der Waals surface area contributed by atoms with Crippen molar-refractivity contribution in [2.75, 3.05) is 12.3 Å². The van der Waals surface area contributed by atoms with E-state index in [2.05, 4.69) is 20.9 Å². The third-order valence-electron chi connectivity index (χ3n) is 2.60. The summed E-state index contributed by atoms with van der Waals surface area (Å²) in [4.78, 5) is 3.95. The molecule has 1 aromatic carbocycles. The Hall–Kier alpha value is -1.04. The summed E-state index contributed by atoms with van der Waals surface area (Å²) in [6.45, 7) is 0.255. The average Bonchev–Trinajstić information content (AvgIpc) is 2.42. The standard InChI is InChI=1S/C13H10BrCl2FN2O/c14-7-5-11(13(18)19-6-7)20-4-3-8-9(15)1-2-10(17)12(8)16/h1-2,5-6H,3-4H2,(H2,18,19). The Balaban J connectivity index is 2.07. The van der Waals surface area contributed by atoms with E-state index in [9.17, 15) is 4.39 Å². The number of aromatic nitrogens is 1. The largest absolute Gasteiger partial charge is 0.489 e. The van der Waals surface area contributed by atoms with Gasteiger partial charge in [-0.25, -0.2) is 9.37 Å². The van der Waals surface area contributed by atoms with Crippen LogP contribution in [0.25, 0.3) is 0 Å². The second kappa shape index (κ2) is 6.61. The molecule has 0 saturated heterocycles. The van der Waals surface area contributed by atoms with Gasteiger partial charge >= 0.3 is 0 Å². The number of hydrogen-bond donors (Lipinski definition) is 1. The second-order valence-electron chi connectivity index (χ2n) is 3.96. The number of rotatable bonds is 4. The van der Waals surface area contributed by atoms with Gasteiger partial charge in [-0.05, 0) is 39.7 Å². The predicted molar refractivity (Wildman–Crippen MR) is 82.0 cm³/mol. The molecule has 0 atom stereocenters. The zero-order valence-electron chi connectivity index (χ0n) is 10.2. The van der Waals surface area contributed by atoms with Crippen LogP contribution in [0, 0.1) is 5.82 Å². The van der Waals surface area contributed by atoms with Crippen LogP contribution in [-0.2, 0) is 6.42 Å². The van der Waals surface area contributed by atoms with E-state index < -0.39 is 5.82 Å². The highest BCUT2D eigenvalue weighted by Crippen LogP contribution is 2.28. The zero-order chi connectivity index (χ0) is 14.7. The van der Waals surface area contributed by atoms with Crippen LogP contribution in [-0.4, -0.2) is 11.6 Å². The number of ether oxygens (including phenoxy) is 1. The monoisotopic (exact) mass is 378 g/mol. The molecule has 20 heavy (non-hydrogen) atoms. The van der Waals surface area contributed by atoms with Crippen LogP contribution in [0.3, 0.4) is 0 Å². The normalized spacial score (nSPS) is 10.6. The number of nitrogen functional groups attached to an aromatic ring is 1. The molecule has 0 bridgehead atoms. The van der Waals surface area contributed by atoms with E-state index in [1.165, 1.54) is 12.1 Å². The van der Waals surface area contributed by atoms with Crippen LogP contribution >= 0.6 is 39.1 Å². The van der Waals surface area contributed by atoms with Crippen molar-refractivity contribution in [1.29, 1.82) is 0 Å². The second-order valence-corrected chi connectivity index (χ2v) is 5.66. The molecule has 2 N–H and O–H groups in total. The molecule has 0 saturated carbocycles. The number of anilines is 1. The number of nitrogens with two attached hydrogens (primary N) is 1. The van der Waals surface area contributed by atoms with E-state index in [0.717, 1.165) is 4.47 Å². The molecule has 0 spiro atoms. The van der Waals surface area contributed by atoms with E-state index in [0.29, 0.717) is 22.8 Å². The van der Waals surface area contributed by atoms with Gasteiger partial charge < -0.3 is 10.5 Å². The minimum atomic E-state index is -0.505. The molecule has 0 aliphatic rings. The lowest BCUT2D eigenvalue weighted by molar-refractivity contribution is 0.322. The number of benzene rings is 1. The number of pyridine rings is 1. The highest BCUT2D eigenvalue weighted by molar-refractivity contribution is 9.10. The molecule has 3 nitrogen and oxygen atoms in total. The van der Waals surface area contributed by atoms with Crippen LogP contribution < -0.4 is 10.5 Å². The van der Waals surface area contributed by atoms with Crippen molar-refractivity contribution in [3.8, 4) is 5.75 Å². The topological polar surface area (TPSA) is 48.1 Å². The van der Waals surface area contributed by atoms with Gasteiger partial charge in [-0.1, -0.05) is 23.2 Å². The fourth-order valence-electron chi connectivity index (χ4n) is 1.61. The average molecular weight is 380 g/mol. The molecule has 0 aliphatic heterocycles. The maximum Gasteiger partial charge on any atom is 0.166 e. The lowest BCUT2D eigenvalue weighted by atomic mass is 10.1. The van der Waals surface area contributed by atoms with Crippen molar-refractivity contribution in [1.82, 2.24) is 4.98 Å². The number of nitrogens with zero attached hydrogens (tertiary/aromatic N) is 1. The van der Waals surface area contributed by atoms with Gasteiger partial charge in [0, 0.05) is 22.1 Å². The third kappa shape index (κ3) is 3.53. The van der Waals surface area contributed by atoms with Gasteiger partial charge in [0.1, 0.15) is 5.82 Å². The van der Waals surface area contributed by atoms with Crippen LogP contribution in [0.1, 0.15) is 5.56 Å². The molecule has 106 valence electrons. The van der Waals surface area contributed by atoms with Crippen molar-refractivity contribution in [3.63, 3.8) is 0 Å². The molecule has 2 aromatic rings. The summed E-state index contributed by atoms with van der Waals surface area (Å²) < 4.78 is 19.6. The van der Waals surface area contributed by atoms with E-state index in [1.807, 2.05) is 0 Å². The number of halogens is 4. The first-order valence-electron chi connectivity index (χ1n) is 5.65. The summed E-state index contributed by atoms with van der Waals surface area (Å²) in [7, 11) is 0. The molecule has 2 rings (SSSR count). The van der Waals surface area contributed by atoms with E-state index in [4.69, 9.17) is 33.7 Å². The molecule has 0 amide bonds. The maximum atomic E-state index is 13.4. The molecule has 0 radical (unpaired) electrons. The van der Waals surface area contributed by atoms with E-state index >= 15 is 0 Å². The van der Waals surface area contributed by atoms with Gasteiger partial charge in [-0.2, -0.15) is 0 Å². The van der Waals surface area contributed by atoms with Crippen molar-refractivity contribution in [3.05, 3.63) is 50.3 Å². The summed E-state index contributed by atoms with van der Waals surface area (Å²) in [5, 5.41) is 0.418. The summed E-state index contributed by atoms with van der Waals surface area (Å²) in [5.41, 5.74) is 6.19. The van der Waals surface area contributed by atoms with Gasteiger partial charge in [0.15, 0.2) is 11.6 Å². The summed E-state index contributed by atoms with van der Waals surface area (Å²) in [5.74, 6) is 0.224. The van der Waals surface area contributed by atoms with Gasteiger partial charge in [0.05, 0.1) is 11.6 Å². The van der Waals surface area contributed by atoms with Crippen molar-refractivity contribution in [2.45, 2.75) is 6.42 Å². The van der Waals surface area contributed by atoms with Crippen molar-refractivity contribution in [2.24, 2.45) is 0 Å². The minimum Gasteiger partial charge on any atom is -0.489 e. The highest BCUT2D eigenvalue weighted by atomic mass is 79.9. The van der Waals surface area contributed by atoms with Crippen LogP contribution in [0.15, 0.2) is 28.9 Å². The van der Waals surface area contributed by atoms with Crippen molar-refractivity contribution < 1.29 is 9.13 Å². The van der Waals surface area contributed by atoms with Gasteiger partial charge in [0.2, 0.25) is 0 Å². The van der Waals surface area contributed by atoms with Crippen LogP contribution in [0.4, 0.5) is 10.2 Å². The Bertz CT molecular complexity index is 640. The molecule has 0 aliphatic carbocycles. The first-order chi connectivity index (χ1) is 9.49. The predicted octanol–water partition coefficient (Wildman–Crippen LogP) is 4.49. The first kappa shape index (κ1) is 15.4. The summed E-state index contributed by atoms with van der Waals surface area (Å²) in [6.07, 6.45) is 1.93. The third-order valence-corrected chi connectivity index (χ3v) is 3.79. The molecule has 0 fully saturated rings. The fraction of sp³-hybridized carbons (Fsp3) is 0.154. The molecule has 1 aromatic heterocycles. The van der Waals surface area contributed by atoms with Crippen molar-refractivity contribution >= 4 is 44.9 Å². The fourth-order valence-corrected chi connectivity index (χ4v) is 2.48. The number of hydrogen-bond acceptors (Lipinski definition) is 3. The Kier molecular flexibility index (Phi) is 5.07. The maximum absolute atomic E-state index is 13.4. The molecule has 7 heteroatoms. The molecular formula is C13H10BrCl2FN2O. The Morgan fingerprint density at radius 2 is 2.10 bits per heavy atom. The van der Waals surface area contributed by atoms with Crippen LogP contribution in [0.2, 0.25) is 10.0 Å². The summed E-state index contributed by atoms with van der Waals surface area (Å²) in [6, 6.07) is 4.40. The summed E-state index contributed by atoms with van der Waals surface area (Å²) >= 11 is 15.1. The Labute approximate surface area is 134 Å².